The highest BCUT2D eigenvalue weighted by molar-refractivity contribution is 5.94. The quantitative estimate of drug-likeness (QED) is 0.714. The number of aromatic nitrogens is 2. The van der Waals surface area contributed by atoms with Crippen LogP contribution in [-0.4, -0.2) is 15.3 Å². The number of fused-ring (bicyclic) bond motifs is 1. The summed E-state index contributed by atoms with van der Waals surface area (Å²) in [5.74, 6) is 0.150. The molecule has 130 valence electrons. The Balaban J connectivity index is 1.93. The Bertz CT molecular complexity index is 907. The average molecular weight is 335 g/mol. The fourth-order valence-electron chi connectivity index (χ4n) is 3.03. The first-order valence-electron chi connectivity index (χ1n) is 8.89. The van der Waals surface area contributed by atoms with Crippen molar-refractivity contribution in [3.05, 3.63) is 53.9 Å². The lowest BCUT2D eigenvalue weighted by molar-refractivity contribution is -0.120. The number of nitrogens with zero attached hydrogens (tertiary/aromatic N) is 2. The van der Waals surface area contributed by atoms with Crippen molar-refractivity contribution in [2.45, 2.75) is 40.5 Å². The summed E-state index contributed by atoms with van der Waals surface area (Å²) in [5, 5.41) is 3.09. The standard InChI is InChI=1S/C21H25N3O/c1-5-16(6-2)21(25)23-18-12-17(8-7-15(18)4)19-13-24-10-9-14(3)11-20(24)22-19/h7-13,16H,5-6H2,1-4H3,(H,23,25). The van der Waals surface area contributed by atoms with Gasteiger partial charge >= 0.3 is 0 Å². The highest BCUT2D eigenvalue weighted by Crippen LogP contribution is 2.26. The van der Waals surface area contributed by atoms with E-state index in [1.165, 1.54) is 5.56 Å². The lowest BCUT2D eigenvalue weighted by Crippen LogP contribution is -2.22. The van der Waals surface area contributed by atoms with E-state index in [1.54, 1.807) is 0 Å². The lowest BCUT2D eigenvalue weighted by atomic mass is 10.0. The largest absolute Gasteiger partial charge is 0.326 e. The van der Waals surface area contributed by atoms with E-state index in [4.69, 9.17) is 4.98 Å². The molecule has 0 unspecified atom stereocenters. The van der Waals surface area contributed by atoms with Gasteiger partial charge in [-0.15, -0.1) is 0 Å². The van der Waals surface area contributed by atoms with Gasteiger partial charge in [0.1, 0.15) is 5.65 Å². The van der Waals surface area contributed by atoms with E-state index in [9.17, 15) is 4.79 Å². The molecule has 0 saturated heterocycles. The minimum absolute atomic E-state index is 0.0567. The van der Waals surface area contributed by atoms with E-state index in [0.29, 0.717) is 0 Å². The molecule has 1 N–H and O–H groups in total. The zero-order valence-corrected chi connectivity index (χ0v) is 15.3. The van der Waals surface area contributed by atoms with Crippen molar-refractivity contribution in [2.75, 3.05) is 5.32 Å². The monoisotopic (exact) mass is 335 g/mol. The van der Waals surface area contributed by atoms with Crippen molar-refractivity contribution in [1.82, 2.24) is 9.38 Å². The van der Waals surface area contributed by atoms with Gasteiger partial charge in [0, 0.05) is 29.6 Å². The van der Waals surface area contributed by atoms with Gasteiger partial charge in [0.05, 0.1) is 5.69 Å². The molecule has 0 aliphatic rings. The van der Waals surface area contributed by atoms with Crippen LogP contribution in [0, 0.1) is 19.8 Å². The van der Waals surface area contributed by atoms with E-state index in [-0.39, 0.29) is 11.8 Å². The van der Waals surface area contributed by atoms with E-state index in [1.807, 2.05) is 35.9 Å². The number of hydrogen-bond donors (Lipinski definition) is 1. The van der Waals surface area contributed by atoms with E-state index < -0.39 is 0 Å². The van der Waals surface area contributed by atoms with Crippen molar-refractivity contribution in [2.24, 2.45) is 5.92 Å². The van der Waals surface area contributed by atoms with E-state index in [2.05, 4.69) is 44.3 Å². The first-order chi connectivity index (χ1) is 12.0. The molecule has 1 aromatic carbocycles. The number of pyridine rings is 1. The number of carbonyl (C=O) groups is 1. The molecule has 4 heteroatoms. The first-order valence-corrected chi connectivity index (χ1v) is 8.89. The third-order valence-electron chi connectivity index (χ3n) is 4.76. The van der Waals surface area contributed by atoms with Gasteiger partial charge < -0.3 is 9.72 Å². The zero-order valence-electron chi connectivity index (χ0n) is 15.3. The third-order valence-corrected chi connectivity index (χ3v) is 4.76. The van der Waals surface area contributed by atoms with Gasteiger partial charge in [-0.2, -0.15) is 0 Å². The first kappa shape index (κ1) is 17.2. The number of rotatable bonds is 5. The molecule has 0 aliphatic carbocycles. The highest BCUT2D eigenvalue weighted by atomic mass is 16.1. The molecule has 0 atom stereocenters. The molecular weight excluding hydrogens is 310 g/mol. The Labute approximate surface area is 148 Å². The smallest absolute Gasteiger partial charge is 0.227 e. The van der Waals surface area contributed by atoms with E-state index in [0.717, 1.165) is 41.0 Å². The maximum absolute atomic E-state index is 12.4. The summed E-state index contributed by atoms with van der Waals surface area (Å²) in [6.07, 6.45) is 5.75. The number of amides is 1. The second kappa shape index (κ2) is 7.09. The molecule has 0 radical (unpaired) electrons. The molecule has 1 amide bonds. The Hall–Kier alpha value is -2.62. The van der Waals surface area contributed by atoms with Crippen LogP contribution in [0.5, 0.6) is 0 Å². The molecule has 3 aromatic rings. The number of anilines is 1. The van der Waals surface area contributed by atoms with Gasteiger partial charge in [0.15, 0.2) is 0 Å². The van der Waals surface area contributed by atoms with Crippen molar-refractivity contribution >= 4 is 17.2 Å². The molecule has 0 bridgehead atoms. The normalized spacial score (nSPS) is 11.2. The summed E-state index contributed by atoms with van der Waals surface area (Å²) in [7, 11) is 0. The number of imidazole rings is 1. The molecule has 25 heavy (non-hydrogen) atoms. The number of hydrogen-bond acceptors (Lipinski definition) is 2. The summed E-state index contributed by atoms with van der Waals surface area (Å²) in [4.78, 5) is 17.1. The fraction of sp³-hybridized carbons (Fsp3) is 0.333. The maximum Gasteiger partial charge on any atom is 0.227 e. The second-order valence-electron chi connectivity index (χ2n) is 6.63. The molecule has 0 spiro atoms. The van der Waals surface area contributed by atoms with Crippen LogP contribution in [-0.2, 0) is 4.79 Å². The molecular formula is C21H25N3O. The maximum atomic E-state index is 12.4. The topological polar surface area (TPSA) is 46.4 Å². The van der Waals surface area contributed by atoms with Crippen LogP contribution < -0.4 is 5.32 Å². The minimum atomic E-state index is 0.0567. The minimum Gasteiger partial charge on any atom is -0.326 e. The summed E-state index contributed by atoms with van der Waals surface area (Å²) >= 11 is 0. The molecule has 0 fully saturated rings. The van der Waals surface area contributed by atoms with Gasteiger partial charge in [-0.05, 0) is 56.0 Å². The Morgan fingerprint density at radius 3 is 2.64 bits per heavy atom. The Morgan fingerprint density at radius 1 is 1.16 bits per heavy atom. The second-order valence-corrected chi connectivity index (χ2v) is 6.63. The molecule has 2 aromatic heterocycles. The number of nitrogens with one attached hydrogen (secondary N) is 1. The van der Waals surface area contributed by atoms with E-state index >= 15 is 0 Å². The summed E-state index contributed by atoms with van der Waals surface area (Å²) in [6, 6.07) is 10.2. The van der Waals surface area contributed by atoms with Crippen molar-refractivity contribution in [1.29, 1.82) is 0 Å². The average Bonchev–Trinajstić information content (AvgIpc) is 3.01. The van der Waals surface area contributed by atoms with Crippen molar-refractivity contribution in [3.8, 4) is 11.3 Å². The predicted molar refractivity (Wildman–Crippen MR) is 103 cm³/mol. The summed E-state index contributed by atoms with van der Waals surface area (Å²) < 4.78 is 2.02. The fourth-order valence-corrected chi connectivity index (χ4v) is 3.03. The van der Waals surface area contributed by atoms with Crippen LogP contribution >= 0.6 is 0 Å². The van der Waals surface area contributed by atoms with Crippen molar-refractivity contribution in [3.63, 3.8) is 0 Å². The van der Waals surface area contributed by atoms with Crippen molar-refractivity contribution < 1.29 is 4.79 Å². The molecule has 0 aliphatic heterocycles. The third kappa shape index (κ3) is 3.58. The lowest BCUT2D eigenvalue weighted by Gasteiger charge is -2.15. The summed E-state index contributed by atoms with van der Waals surface area (Å²) in [6.45, 7) is 8.18. The van der Waals surface area contributed by atoms with Crippen LogP contribution in [0.15, 0.2) is 42.7 Å². The summed E-state index contributed by atoms with van der Waals surface area (Å²) in [5.41, 5.74) is 5.95. The van der Waals surface area contributed by atoms with Gasteiger partial charge in [-0.3, -0.25) is 4.79 Å². The van der Waals surface area contributed by atoms with Crippen LogP contribution in [0.25, 0.3) is 16.9 Å². The van der Waals surface area contributed by atoms with Crippen LogP contribution in [0.1, 0.15) is 37.8 Å². The predicted octanol–water partition coefficient (Wildman–Crippen LogP) is 4.99. The number of benzene rings is 1. The SMILES string of the molecule is CCC(CC)C(=O)Nc1cc(-c2cn3ccc(C)cc3n2)ccc1C. The van der Waals surface area contributed by atoms with Crippen LogP contribution in [0.2, 0.25) is 0 Å². The number of aryl methyl sites for hydroxylation is 2. The highest BCUT2D eigenvalue weighted by Gasteiger charge is 2.15. The van der Waals surface area contributed by atoms with Crippen LogP contribution in [0.4, 0.5) is 5.69 Å². The molecule has 3 rings (SSSR count). The van der Waals surface area contributed by atoms with Gasteiger partial charge in [0.2, 0.25) is 5.91 Å². The molecule has 2 heterocycles. The van der Waals surface area contributed by atoms with Gasteiger partial charge in [-0.1, -0.05) is 26.0 Å². The number of carbonyl (C=O) groups excluding carboxylic acids is 1. The Morgan fingerprint density at radius 2 is 1.92 bits per heavy atom. The van der Waals surface area contributed by atoms with Crippen LogP contribution in [0.3, 0.4) is 0 Å². The Kier molecular flexibility index (Phi) is 4.88. The van der Waals surface area contributed by atoms with Gasteiger partial charge in [-0.25, -0.2) is 4.98 Å². The molecule has 4 nitrogen and oxygen atoms in total. The van der Waals surface area contributed by atoms with Gasteiger partial charge in [0.25, 0.3) is 0 Å². The zero-order chi connectivity index (χ0) is 18.0. The molecule has 0 saturated carbocycles.